The van der Waals surface area contributed by atoms with E-state index in [9.17, 15) is 5.11 Å². The number of aliphatic hydroxyl groups excluding tert-OH is 1. The molecule has 16 heavy (non-hydrogen) atoms. The molecular weight excluding hydrogens is 284 g/mol. The lowest BCUT2D eigenvalue weighted by Gasteiger charge is -2.09. The number of aliphatic hydroxyl groups is 1. The van der Waals surface area contributed by atoms with E-state index in [1.54, 1.807) is 11.3 Å². The predicted molar refractivity (Wildman–Crippen MR) is 71.9 cm³/mol. The minimum atomic E-state index is -0.413. The molecule has 1 aromatic carbocycles. The van der Waals surface area contributed by atoms with Gasteiger partial charge in [-0.3, -0.25) is 0 Å². The highest BCUT2D eigenvalue weighted by Crippen LogP contribution is 2.27. The Morgan fingerprint density at radius 3 is 2.81 bits per heavy atom. The number of thiophene rings is 1. The smallest absolute Gasteiger partial charge is 0.0838 e. The van der Waals surface area contributed by atoms with Crippen LogP contribution in [-0.4, -0.2) is 5.11 Å². The van der Waals surface area contributed by atoms with Crippen molar-refractivity contribution in [3.8, 4) is 0 Å². The lowest BCUT2D eigenvalue weighted by atomic mass is 10.0. The maximum absolute atomic E-state index is 10.1. The van der Waals surface area contributed by atoms with Crippen LogP contribution in [0, 0.1) is 6.92 Å². The van der Waals surface area contributed by atoms with Gasteiger partial charge in [-0.05, 0) is 45.4 Å². The largest absolute Gasteiger partial charge is 0.388 e. The fourth-order valence-corrected chi connectivity index (χ4v) is 2.90. The first kappa shape index (κ1) is 11.8. The van der Waals surface area contributed by atoms with Gasteiger partial charge in [0, 0.05) is 6.42 Å². The molecular formula is C13H13BrOS. The summed E-state index contributed by atoms with van der Waals surface area (Å²) in [5, 5.41) is 12.1. The summed E-state index contributed by atoms with van der Waals surface area (Å²) in [4.78, 5) is 0. The van der Waals surface area contributed by atoms with Gasteiger partial charge in [0.15, 0.2) is 0 Å². The average Bonchev–Trinajstić information content (AvgIpc) is 2.65. The maximum atomic E-state index is 10.1. The van der Waals surface area contributed by atoms with Crippen molar-refractivity contribution in [1.29, 1.82) is 0 Å². The van der Waals surface area contributed by atoms with Crippen LogP contribution in [0.2, 0.25) is 0 Å². The van der Waals surface area contributed by atoms with Crippen molar-refractivity contribution in [3.63, 3.8) is 0 Å². The second kappa shape index (κ2) is 5.13. The molecule has 1 aromatic heterocycles. The molecule has 2 aromatic rings. The second-order valence-electron chi connectivity index (χ2n) is 3.89. The van der Waals surface area contributed by atoms with Crippen LogP contribution >= 0.6 is 27.3 Å². The molecule has 0 aliphatic carbocycles. The van der Waals surface area contributed by atoms with Crippen LogP contribution in [0.3, 0.4) is 0 Å². The molecule has 0 bridgehead atoms. The van der Waals surface area contributed by atoms with E-state index in [2.05, 4.69) is 41.1 Å². The zero-order chi connectivity index (χ0) is 11.5. The number of hydrogen-bond acceptors (Lipinski definition) is 2. The summed E-state index contributed by atoms with van der Waals surface area (Å²) in [6.45, 7) is 2.07. The molecule has 1 N–H and O–H groups in total. The minimum absolute atomic E-state index is 0.413. The van der Waals surface area contributed by atoms with Gasteiger partial charge in [0.1, 0.15) is 0 Å². The lowest BCUT2D eigenvalue weighted by Crippen LogP contribution is -2.00. The zero-order valence-electron chi connectivity index (χ0n) is 8.98. The molecule has 0 spiro atoms. The van der Waals surface area contributed by atoms with E-state index in [0.717, 1.165) is 9.35 Å². The van der Waals surface area contributed by atoms with E-state index < -0.39 is 6.10 Å². The normalized spacial score (nSPS) is 12.7. The van der Waals surface area contributed by atoms with Crippen molar-refractivity contribution in [3.05, 3.63) is 56.2 Å². The Hall–Kier alpha value is -0.640. The molecule has 0 fully saturated rings. The summed E-state index contributed by atoms with van der Waals surface area (Å²) in [5.41, 5.74) is 3.39. The third-order valence-electron chi connectivity index (χ3n) is 2.48. The Labute approximate surface area is 108 Å². The van der Waals surface area contributed by atoms with Crippen LogP contribution in [0.25, 0.3) is 0 Å². The SMILES string of the molecule is Cc1cccc(CC(O)c2csc(Br)c2)c1. The van der Waals surface area contributed by atoms with E-state index in [1.165, 1.54) is 11.1 Å². The molecule has 0 saturated carbocycles. The van der Waals surface area contributed by atoms with Gasteiger partial charge in [0.2, 0.25) is 0 Å². The van der Waals surface area contributed by atoms with Crippen LogP contribution in [0.1, 0.15) is 22.8 Å². The molecule has 1 nitrogen and oxygen atoms in total. The number of rotatable bonds is 3. The standard InChI is InChI=1S/C13H13BrOS/c1-9-3-2-4-10(5-9)6-12(15)11-7-13(14)16-8-11/h2-5,7-8,12,15H,6H2,1H3. The number of benzene rings is 1. The molecule has 1 unspecified atom stereocenters. The van der Waals surface area contributed by atoms with Gasteiger partial charge in [-0.15, -0.1) is 11.3 Å². The molecule has 0 aliphatic rings. The van der Waals surface area contributed by atoms with Crippen LogP contribution in [0.15, 0.2) is 39.5 Å². The highest BCUT2D eigenvalue weighted by molar-refractivity contribution is 9.11. The number of aryl methyl sites for hydroxylation is 1. The van der Waals surface area contributed by atoms with E-state index in [0.29, 0.717) is 6.42 Å². The van der Waals surface area contributed by atoms with Crippen LogP contribution in [-0.2, 0) is 6.42 Å². The minimum Gasteiger partial charge on any atom is -0.388 e. The van der Waals surface area contributed by atoms with Crippen molar-refractivity contribution >= 4 is 27.3 Å². The molecule has 1 atom stereocenters. The Balaban J connectivity index is 2.10. The van der Waals surface area contributed by atoms with Gasteiger partial charge in [-0.1, -0.05) is 29.8 Å². The fourth-order valence-electron chi connectivity index (χ4n) is 1.68. The molecule has 0 aliphatic heterocycles. The monoisotopic (exact) mass is 296 g/mol. The first-order chi connectivity index (χ1) is 7.65. The van der Waals surface area contributed by atoms with Gasteiger partial charge in [-0.2, -0.15) is 0 Å². The van der Waals surface area contributed by atoms with Crippen molar-refractivity contribution in [2.45, 2.75) is 19.4 Å². The Morgan fingerprint density at radius 1 is 1.38 bits per heavy atom. The van der Waals surface area contributed by atoms with E-state index in [1.807, 2.05) is 17.5 Å². The molecule has 0 radical (unpaired) electrons. The van der Waals surface area contributed by atoms with Gasteiger partial charge in [0.25, 0.3) is 0 Å². The van der Waals surface area contributed by atoms with Crippen molar-refractivity contribution in [2.24, 2.45) is 0 Å². The quantitative estimate of drug-likeness (QED) is 0.904. The van der Waals surface area contributed by atoms with Crippen molar-refractivity contribution in [2.75, 3.05) is 0 Å². The Morgan fingerprint density at radius 2 is 2.19 bits per heavy atom. The highest BCUT2D eigenvalue weighted by Gasteiger charge is 2.10. The van der Waals surface area contributed by atoms with Crippen LogP contribution in [0.4, 0.5) is 0 Å². The third kappa shape index (κ3) is 2.94. The summed E-state index contributed by atoms with van der Waals surface area (Å²) in [6.07, 6.45) is 0.259. The van der Waals surface area contributed by atoms with Gasteiger partial charge >= 0.3 is 0 Å². The van der Waals surface area contributed by atoms with Gasteiger partial charge < -0.3 is 5.11 Å². The van der Waals surface area contributed by atoms with Crippen molar-refractivity contribution < 1.29 is 5.11 Å². The molecule has 2 rings (SSSR count). The lowest BCUT2D eigenvalue weighted by molar-refractivity contribution is 0.179. The maximum Gasteiger partial charge on any atom is 0.0838 e. The number of hydrogen-bond donors (Lipinski definition) is 1. The first-order valence-corrected chi connectivity index (χ1v) is 6.80. The van der Waals surface area contributed by atoms with E-state index >= 15 is 0 Å². The number of halogens is 1. The van der Waals surface area contributed by atoms with Crippen molar-refractivity contribution in [1.82, 2.24) is 0 Å². The predicted octanol–water partition coefficient (Wildman–Crippen LogP) is 4.10. The summed E-state index contributed by atoms with van der Waals surface area (Å²) in [6, 6.07) is 10.2. The summed E-state index contributed by atoms with van der Waals surface area (Å²) in [5.74, 6) is 0. The van der Waals surface area contributed by atoms with E-state index in [-0.39, 0.29) is 0 Å². The van der Waals surface area contributed by atoms with E-state index in [4.69, 9.17) is 0 Å². The van der Waals surface area contributed by atoms with Gasteiger partial charge in [-0.25, -0.2) is 0 Å². The Bertz CT molecular complexity index is 478. The average molecular weight is 297 g/mol. The molecule has 3 heteroatoms. The fraction of sp³-hybridized carbons (Fsp3) is 0.231. The van der Waals surface area contributed by atoms with Gasteiger partial charge in [0.05, 0.1) is 9.89 Å². The molecule has 0 saturated heterocycles. The molecule has 84 valence electrons. The third-order valence-corrected chi connectivity index (χ3v) is 4.01. The Kier molecular flexibility index (Phi) is 3.79. The van der Waals surface area contributed by atoms with Crippen LogP contribution in [0.5, 0.6) is 0 Å². The summed E-state index contributed by atoms with van der Waals surface area (Å²) in [7, 11) is 0. The summed E-state index contributed by atoms with van der Waals surface area (Å²) < 4.78 is 1.06. The highest BCUT2D eigenvalue weighted by atomic mass is 79.9. The molecule has 1 heterocycles. The summed E-state index contributed by atoms with van der Waals surface area (Å²) >= 11 is 5.01. The first-order valence-electron chi connectivity index (χ1n) is 5.12. The van der Waals surface area contributed by atoms with Crippen LogP contribution < -0.4 is 0 Å². The zero-order valence-corrected chi connectivity index (χ0v) is 11.4. The topological polar surface area (TPSA) is 20.2 Å². The second-order valence-corrected chi connectivity index (χ2v) is 6.18. The molecule has 0 amide bonds.